The second-order valence-corrected chi connectivity index (χ2v) is 6.77. The third-order valence-electron chi connectivity index (χ3n) is 3.78. The summed E-state index contributed by atoms with van der Waals surface area (Å²) in [6.45, 7) is 1.84. The maximum absolute atomic E-state index is 9.15. The molecule has 0 N–H and O–H groups in total. The first-order valence-electron chi connectivity index (χ1n) is 7.96. The van der Waals surface area contributed by atoms with Crippen LogP contribution in [-0.4, -0.2) is 34.2 Å². The predicted molar refractivity (Wildman–Crippen MR) is 101 cm³/mol. The fourth-order valence-corrected chi connectivity index (χ4v) is 3.18. The number of nitrogens with zero attached hydrogens (tertiary/aromatic N) is 4. The molecule has 0 spiro atoms. The van der Waals surface area contributed by atoms with Crippen LogP contribution in [0.3, 0.4) is 0 Å². The fourth-order valence-electron chi connectivity index (χ4n) is 2.42. The Balaban J connectivity index is 2.09. The maximum atomic E-state index is 9.15. The normalized spacial score (nSPS) is 11.6. The summed E-state index contributed by atoms with van der Waals surface area (Å²) in [5.74, 6) is 2.25. The van der Waals surface area contributed by atoms with Gasteiger partial charge in [0.1, 0.15) is 11.5 Å². The average Bonchev–Trinajstić information content (AvgIpc) is 3.11. The number of hydrogen-bond acceptors (Lipinski definition) is 6. The summed E-state index contributed by atoms with van der Waals surface area (Å²) in [5, 5.41) is 18.2. The van der Waals surface area contributed by atoms with Crippen molar-refractivity contribution in [1.82, 2.24) is 14.8 Å². The number of aromatic nitrogens is 3. The van der Waals surface area contributed by atoms with E-state index >= 15 is 0 Å². The lowest BCUT2D eigenvalue weighted by Gasteiger charge is -2.12. The molecule has 1 heterocycles. The quantitative estimate of drug-likeness (QED) is 0.615. The second-order valence-electron chi connectivity index (χ2n) is 5.46. The van der Waals surface area contributed by atoms with Crippen molar-refractivity contribution in [2.24, 2.45) is 0 Å². The summed E-state index contributed by atoms with van der Waals surface area (Å²) in [7, 11) is 3.26. The van der Waals surface area contributed by atoms with Gasteiger partial charge in [-0.05, 0) is 55.5 Å². The van der Waals surface area contributed by atoms with E-state index in [1.165, 1.54) is 11.8 Å². The van der Waals surface area contributed by atoms with Gasteiger partial charge in [-0.3, -0.25) is 4.57 Å². The van der Waals surface area contributed by atoms with Crippen molar-refractivity contribution >= 4 is 11.8 Å². The van der Waals surface area contributed by atoms with E-state index < -0.39 is 0 Å². The molecule has 1 aromatic heterocycles. The molecule has 7 heteroatoms. The molecule has 3 rings (SSSR count). The molecule has 132 valence electrons. The number of ether oxygens (including phenoxy) is 2. The smallest absolute Gasteiger partial charge is 0.197 e. The first-order valence-corrected chi connectivity index (χ1v) is 8.84. The van der Waals surface area contributed by atoms with Crippen LogP contribution in [0.2, 0.25) is 0 Å². The standard InChI is InChI=1S/C19H18N4O2S/c1-13(12-20)26-19-22-21-18(14-4-8-16(24-2)9-5-14)23(19)15-6-10-17(25-3)11-7-15/h4-11,13H,1-3H3. The van der Waals surface area contributed by atoms with Gasteiger partial charge in [0.15, 0.2) is 11.0 Å². The number of rotatable bonds is 6. The van der Waals surface area contributed by atoms with Gasteiger partial charge in [-0.15, -0.1) is 10.2 Å². The molecule has 0 aliphatic carbocycles. The third kappa shape index (κ3) is 3.65. The second kappa shape index (κ2) is 7.93. The van der Waals surface area contributed by atoms with E-state index in [0.717, 1.165) is 22.7 Å². The van der Waals surface area contributed by atoms with E-state index in [2.05, 4.69) is 16.3 Å². The molecule has 0 aliphatic rings. The highest BCUT2D eigenvalue weighted by Gasteiger charge is 2.18. The molecule has 26 heavy (non-hydrogen) atoms. The topological polar surface area (TPSA) is 73.0 Å². The molecule has 0 aliphatic heterocycles. The van der Waals surface area contributed by atoms with E-state index in [4.69, 9.17) is 14.7 Å². The molecule has 1 atom stereocenters. The highest BCUT2D eigenvalue weighted by atomic mass is 32.2. The number of benzene rings is 2. The first kappa shape index (κ1) is 17.8. The van der Waals surface area contributed by atoms with Crippen LogP contribution in [0.1, 0.15) is 6.92 Å². The summed E-state index contributed by atoms with van der Waals surface area (Å²) in [6, 6.07) is 17.5. The largest absolute Gasteiger partial charge is 0.497 e. The minimum absolute atomic E-state index is 0.236. The van der Waals surface area contributed by atoms with Crippen LogP contribution in [0, 0.1) is 11.3 Å². The van der Waals surface area contributed by atoms with Crippen LogP contribution in [-0.2, 0) is 0 Å². The van der Waals surface area contributed by atoms with Crippen molar-refractivity contribution in [1.29, 1.82) is 5.26 Å². The summed E-state index contributed by atoms with van der Waals surface area (Å²) in [4.78, 5) is 0. The Labute approximate surface area is 156 Å². The number of methoxy groups -OCH3 is 2. The average molecular weight is 366 g/mol. The van der Waals surface area contributed by atoms with Gasteiger partial charge in [0, 0.05) is 11.3 Å². The van der Waals surface area contributed by atoms with Crippen LogP contribution in [0.15, 0.2) is 53.7 Å². The Morgan fingerprint density at radius 2 is 1.54 bits per heavy atom. The molecule has 0 saturated heterocycles. The van der Waals surface area contributed by atoms with E-state index in [0.29, 0.717) is 11.0 Å². The Hall–Kier alpha value is -2.98. The van der Waals surface area contributed by atoms with Crippen LogP contribution in [0.5, 0.6) is 11.5 Å². The van der Waals surface area contributed by atoms with Gasteiger partial charge < -0.3 is 9.47 Å². The SMILES string of the molecule is COc1ccc(-c2nnc(SC(C)C#N)n2-c2ccc(OC)cc2)cc1. The minimum Gasteiger partial charge on any atom is -0.497 e. The van der Waals surface area contributed by atoms with Crippen LogP contribution >= 0.6 is 11.8 Å². The molecule has 0 radical (unpaired) electrons. The Kier molecular flexibility index (Phi) is 5.44. The first-order chi connectivity index (χ1) is 12.7. The Bertz CT molecular complexity index is 914. The minimum atomic E-state index is -0.236. The Morgan fingerprint density at radius 3 is 2.08 bits per heavy atom. The van der Waals surface area contributed by atoms with Gasteiger partial charge in [0.2, 0.25) is 0 Å². The predicted octanol–water partition coefficient (Wildman–Crippen LogP) is 3.96. The lowest BCUT2D eigenvalue weighted by molar-refractivity contribution is 0.414. The molecular formula is C19H18N4O2S. The lowest BCUT2D eigenvalue weighted by Crippen LogP contribution is -2.02. The zero-order valence-electron chi connectivity index (χ0n) is 14.7. The van der Waals surface area contributed by atoms with Crippen LogP contribution in [0.25, 0.3) is 17.1 Å². The molecule has 0 bridgehead atoms. The van der Waals surface area contributed by atoms with E-state index in [1.54, 1.807) is 14.2 Å². The van der Waals surface area contributed by atoms with E-state index in [9.17, 15) is 0 Å². The van der Waals surface area contributed by atoms with Gasteiger partial charge in [0.05, 0.1) is 25.5 Å². The zero-order chi connectivity index (χ0) is 18.5. The summed E-state index contributed by atoms with van der Waals surface area (Å²) < 4.78 is 12.4. The highest BCUT2D eigenvalue weighted by molar-refractivity contribution is 8.00. The fraction of sp³-hybridized carbons (Fsp3) is 0.211. The van der Waals surface area contributed by atoms with Crippen LogP contribution < -0.4 is 9.47 Å². The zero-order valence-corrected chi connectivity index (χ0v) is 15.5. The van der Waals surface area contributed by atoms with Crippen molar-refractivity contribution in [2.45, 2.75) is 17.3 Å². The molecule has 1 unspecified atom stereocenters. The van der Waals surface area contributed by atoms with Gasteiger partial charge in [0.25, 0.3) is 0 Å². The van der Waals surface area contributed by atoms with Gasteiger partial charge >= 0.3 is 0 Å². The van der Waals surface area contributed by atoms with E-state index in [-0.39, 0.29) is 5.25 Å². The number of hydrogen-bond donors (Lipinski definition) is 0. The van der Waals surface area contributed by atoms with E-state index in [1.807, 2.05) is 60.0 Å². The molecule has 6 nitrogen and oxygen atoms in total. The number of nitriles is 1. The monoisotopic (exact) mass is 366 g/mol. The molecule has 3 aromatic rings. The van der Waals surface area contributed by atoms with Crippen LogP contribution in [0.4, 0.5) is 0 Å². The van der Waals surface area contributed by atoms with Gasteiger partial charge in [-0.2, -0.15) is 5.26 Å². The van der Waals surface area contributed by atoms with Crippen molar-refractivity contribution in [3.63, 3.8) is 0 Å². The summed E-state index contributed by atoms with van der Waals surface area (Å²) in [6.07, 6.45) is 0. The Morgan fingerprint density at radius 1 is 0.962 bits per heavy atom. The number of thioether (sulfide) groups is 1. The van der Waals surface area contributed by atoms with Crippen molar-refractivity contribution in [3.05, 3.63) is 48.5 Å². The molecule has 0 saturated carbocycles. The van der Waals surface area contributed by atoms with Crippen molar-refractivity contribution in [2.75, 3.05) is 14.2 Å². The molecule has 0 fully saturated rings. The molecule has 0 amide bonds. The summed E-state index contributed by atoms with van der Waals surface area (Å²) >= 11 is 1.37. The lowest BCUT2D eigenvalue weighted by atomic mass is 10.2. The molecule has 2 aromatic carbocycles. The highest BCUT2D eigenvalue weighted by Crippen LogP contribution is 2.31. The van der Waals surface area contributed by atoms with Gasteiger partial charge in [-0.1, -0.05) is 11.8 Å². The maximum Gasteiger partial charge on any atom is 0.197 e. The third-order valence-corrected chi connectivity index (χ3v) is 4.71. The summed E-state index contributed by atoms with van der Waals surface area (Å²) in [5.41, 5.74) is 1.81. The van der Waals surface area contributed by atoms with Crippen molar-refractivity contribution < 1.29 is 9.47 Å². The van der Waals surface area contributed by atoms with Gasteiger partial charge in [-0.25, -0.2) is 0 Å². The van der Waals surface area contributed by atoms with Crippen molar-refractivity contribution in [3.8, 4) is 34.6 Å². The molecular weight excluding hydrogens is 348 g/mol.